The number of carbonyl (C=O) groups is 1. The zero-order chi connectivity index (χ0) is 31.7. The molecule has 0 radical (unpaired) electrons. The smallest absolute Gasteiger partial charge is 0.248 e. The van der Waals surface area contributed by atoms with Crippen LogP contribution in [0, 0.1) is 13.8 Å². The van der Waals surface area contributed by atoms with E-state index in [0.29, 0.717) is 12.1 Å². The molecule has 6 rings (SSSR count). The highest BCUT2D eigenvalue weighted by Gasteiger charge is 2.35. The second kappa shape index (κ2) is 12.8. The quantitative estimate of drug-likeness (QED) is 0.220. The fourth-order valence-corrected chi connectivity index (χ4v) is 7.92. The van der Waals surface area contributed by atoms with Crippen LogP contribution in [0.15, 0.2) is 65.1 Å². The number of aromatic nitrogens is 2. The molecule has 45 heavy (non-hydrogen) atoms. The molecule has 4 heterocycles. The molecule has 0 bridgehead atoms. The van der Waals surface area contributed by atoms with Crippen LogP contribution in [-0.2, 0) is 21.4 Å². The number of aryl methyl sites for hydroxylation is 1. The van der Waals surface area contributed by atoms with Crippen LogP contribution >= 0.6 is 11.5 Å². The normalized spacial score (nSPS) is 17.9. The van der Waals surface area contributed by atoms with Crippen LogP contribution in [-0.4, -0.2) is 47.2 Å². The predicted octanol–water partition coefficient (Wildman–Crippen LogP) is 5.35. The average Bonchev–Trinajstić information content (AvgIpc) is 3.68. The van der Waals surface area contributed by atoms with Gasteiger partial charge in [-0.05, 0) is 84.7 Å². The molecule has 2 aliphatic heterocycles. The molecule has 0 unspecified atom stereocenters. The summed E-state index contributed by atoms with van der Waals surface area (Å²) in [6, 6.07) is 13.4. The topological polar surface area (TPSA) is 129 Å². The summed E-state index contributed by atoms with van der Waals surface area (Å²) >= 11 is 1.28. The lowest BCUT2D eigenvalue weighted by Crippen LogP contribution is -2.36. The van der Waals surface area contributed by atoms with E-state index in [1.807, 2.05) is 37.1 Å². The Kier molecular flexibility index (Phi) is 8.78. The van der Waals surface area contributed by atoms with Gasteiger partial charge in [0.2, 0.25) is 21.8 Å². The molecule has 0 spiro atoms. The van der Waals surface area contributed by atoms with E-state index in [1.54, 1.807) is 29.9 Å². The van der Waals surface area contributed by atoms with Crippen molar-refractivity contribution in [1.82, 2.24) is 19.2 Å². The molecule has 236 valence electrons. The van der Waals surface area contributed by atoms with Crippen molar-refractivity contribution in [3.63, 3.8) is 0 Å². The number of hydrazine groups is 2. The van der Waals surface area contributed by atoms with Gasteiger partial charge >= 0.3 is 0 Å². The number of nitrogens with zero attached hydrogens (tertiary/aromatic N) is 4. The van der Waals surface area contributed by atoms with Crippen molar-refractivity contribution in [2.24, 2.45) is 0 Å². The Labute approximate surface area is 267 Å². The number of hydrogen-bond acceptors (Lipinski definition) is 10. The lowest BCUT2D eigenvalue weighted by Gasteiger charge is -2.25. The highest BCUT2D eigenvalue weighted by atomic mass is 32.2. The molecule has 1 amide bonds. The first-order chi connectivity index (χ1) is 21.7. The molecular weight excluding hydrogens is 611 g/mol. The van der Waals surface area contributed by atoms with Gasteiger partial charge in [-0.2, -0.15) is 8.68 Å². The lowest BCUT2D eigenvalue weighted by molar-refractivity contribution is -0.116. The highest BCUT2D eigenvalue weighted by Crippen LogP contribution is 2.40. The number of anilines is 3. The Morgan fingerprint density at radius 2 is 2.04 bits per heavy atom. The number of amides is 1. The van der Waals surface area contributed by atoms with Crippen molar-refractivity contribution in [2.45, 2.75) is 64.0 Å². The minimum Gasteiger partial charge on any atom is -0.472 e. The second-order valence-corrected chi connectivity index (χ2v) is 13.9. The number of sulfonamides is 1. The average molecular weight is 648 g/mol. The first kappa shape index (κ1) is 31.0. The van der Waals surface area contributed by atoms with Crippen LogP contribution in [0.1, 0.15) is 60.4 Å². The summed E-state index contributed by atoms with van der Waals surface area (Å²) < 4.78 is 39.4. The third kappa shape index (κ3) is 6.12. The van der Waals surface area contributed by atoms with E-state index < -0.39 is 10.0 Å². The van der Waals surface area contributed by atoms with Crippen LogP contribution < -0.4 is 26.0 Å². The molecule has 2 aliphatic rings. The maximum absolute atomic E-state index is 13.9. The zero-order valence-electron chi connectivity index (χ0n) is 25.7. The van der Waals surface area contributed by atoms with Gasteiger partial charge in [-0.15, -0.1) is 5.53 Å². The Morgan fingerprint density at radius 1 is 1.20 bits per heavy atom. The monoisotopic (exact) mass is 647 g/mol. The molecule has 2 aromatic carbocycles. The standard InChI is InChI=1S/C32H37N7O4S2/c1-5-25-18-38(45(41,42)29-8-7-13-33-32(29)43-25)17-23-14-22(10-9-20(23)3)27(15-30(40)35-24-16-34-44-19-24)26-11-12-28-31(21(26)4)36-37-39(28)6-2/h7-14,16,19,25,27,36-37H,5-6,15,17-18H2,1-4H3,(H,35,40)/t25-,27+/m1/s1. The van der Waals surface area contributed by atoms with E-state index in [4.69, 9.17) is 4.74 Å². The van der Waals surface area contributed by atoms with E-state index in [0.717, 1.165) is 45.7 Å². The highest BCUT2D eigenvalue weighted by molar-refractivity contribution is 7.89. The third-order valence-corrected chi connectivity index (χ3v) is 10.9. The van der Waals surface area contributed by atoms with Gasteiger partial charge in [0.25, 0.3) is 0 Å². The maximum Gasteiger partial charge on any atom is 0.248 e. The van der Waals surface area contributed by atoms with Crippen molar-refractivity contribution < 1.29 is 17.9 Å². The largest absolute Gasteiger partial charge is 0.472 e. The van der Waals surface area contributed by atoms with E-state index >= 15 is 0 Å². The number of nitrogens with one attached hydrogen (secondary N) is 3. The molecule has 3 N–H and O–H groups in total. The number of fused-ring (bicyclic) bond motifs is 2. The van der Waals surface area contributed by atoms with Crippen LogP contribution in [0.25, 0.3) is 0 Å². The Balaban J connectivity index is 1.38. The Bertz CT molecular complexity index is 1810. The van der Waals surface area contributed by atoms with E-state index in [-0.39, 0.29) is 48.2 Å². The summed E-state index contributed by atoms with van der Waals surface area (Å²) in [6.45, 7) is 9.23. The minimum absolute atomic E-state index is 0.0724. The summed E-state index contributed by atoms with van der Waals surface area (Å²) in [6.07, 6.45) is 3.67. The van der Waals surface area contributed by atoms with Crippen LogP contribution in [0.2, 0.25) is 0 Å². The Hall–Kier alpha value is -4.04. The molecule has 11 nitrogen and oxygen atoms in total. The fraction of sp³-hybridized carbons (Fsp3) is 0.344. The van der Waals surface area contributed by atoms with Crippen LogP contribution in [0.3, 0.4) is 0 Å². The first-order valence-electron chi connectivity index (χ1n) is 15.0. The fourth-order valence-electron chi connectivity index (χ4n) is 5.93. The summed E-state index contributed by atoms with van der Waals surface area (Å²) in [5.74, 6) is -0.289. The van der Waals surface area contributed by atoms with Crippen LogP contribution in [0.5, 0.6) is 5.88 Å². The van der Waals surface area contributed by atoms with Crippen molar-refractivity contribution in [1.29, 1.82) is 0 Å². The second-order valence-electron chi connectivity index (χ2n) is 11.3. The number of hydrogen-bond donors (Lipinski definition) is 3. The summed E-state index contributed by atoms with van der Waals surface area (Å²) in [5, 5.41) is 6.81. The molecule has 2 aromatic heterocycles. The zero-order valence-corrected chi connectivity index (χ0v) is 27.3. The maximum atomic E-state index is 13.9. The molecular formula is C32H37N7O4S2. The molecule has 0 aliphatic carbocycles. The number of ether oxygens (including phenoxy) is 1. The Morgan fingerprint density at radius 3 is 2.80 bits per heavy atom. The third-order valence-electron chi connectivity index (χ3n) is 8.51. The SMILES string of the molecule is CC[C@@H]1CN(Cc2cc([C@H](CC(=O)Nc3cnsc3)c3ccc4c(c3C)NNN4CC)ccc2C)S(=O)(=O)c2cccnc2O1. The number of rotatable bonds is 9. The van der Waals surface area contributed by atoms with Crippen molar-refractivity contribution in [2.75, 3.05) is 28.8 Å². The number of carbonyl (C=O) groups excluding carboxylic acids is 1. The molecule has 0 fully saturated rings. The van der Waals surface area contributed by atoms with Crippen LogP contribution in [0.4, 0.5) is 17.1 Å². The minimum atomic E-state index is -3.88. The van der Waals surface area contributed by atoms with Crippen molar-refractivity contribution in [3.05, 3.63) is 88.1 Å². The molecule has 2 atom stereocenters. The summed E-state index contributed by atoms with van der Waals surface area (Å²) in [7, 11) is -3.88. The van der Waals surface area contributed by atoms with E-state index in [2.05, 4.69) is 51.6 Å². The summed E-state index contributed by atoms with van der Waals surface area (Å²) in [4.78, 5) is 17.7. The van der Waals surface area contributed by atoms with Gasteiger partial charge in [-0.1, -0.05) is 31.2 Å². The van der Waals surface area contributed by atoms with Gasteiger partial charge in [0.05, 0.1) is 29.8 Å². The molecule has 4 aromatic rings. The summed E-state index contributed by atoms with van der Waals surface area (Å²) in [5.41, 5.74) is 14.0. The number of pyridine rings is 1. The van der Waals surface area contributed by atoms with E-state index in [9.17, 15) is 13.2 Å². The van der Waals surface area contributed by atoms with Gasteiger partial charge in [-0.25, -0.2) is 13.4 Å². The first-order valence-corrected chi connectivity index (χ1v) is 17.3. The molecule has 0 saturated heterocycles. The molecule has 0 saturated carbocycles. The van der Waals surface area contributed by atoms with Gasteiger partial charge < -0.3 is 15.5 Å². The predicted molar refractivity (Wildman–Crippen MR) is 176 cm³/mol. The van der Waals surface area contributed by atoms with E-state index in [1.165, 1.54) is 15.8 Å². The van der Waals surface area contributed by atoms with Gasteiger partial charge in [0.15, 0.2) is 0 Å². The van der Waals surface area contributed by atoms with Gasteiger partial charge in [0, 0.05) is 37.0 Å². The molecule has 13 heteroatoms. The van der Waals surface area contributed by atoms with Gasteiger partial charge in [0.1, 0.15) is 11.0 Å². The van der Waals surface area contributed by atoms with Gasteiger partial charge in [-0.3, -0.25) is 9.80 Å². The lowest BCUT2D eigenvalue weighted by atomic mass is 9.83. The van der Waals surface area contributed by atoms with Crippen molar-refractivity contribution >= 4 is 44.5 Å². The number of benzene rings is 2. The van der Waals surface area contributed by atoms with Crippen molar-refractivity contribution in [3.8, 4) is 5.88 Å².